The highest BCUT2D eigenvalue weighted by Gasteiger charge is 2.38. The number of aliphatic carboxylic acids is 1. The van der Waals surface area contributed by atoms with E-state index in [0.29, 0.717) is 11.3 Å². The molecule has 0 saturated carbocycles. The molecule has 0 fully saturated rings. The molecule has 4 aromatic rings. The number of carboxylic acid groups (broad SMARTS) is 1. The maximum atomic E-state index is 10.6. The van der Waals surface area contributed by atoms with Crippen molar-refractivity contribution in [1.29, 1.82) is 0 Å². The molecule has 4 rings (SSSR count). The summed E-state index contributed by atoms with van der Waals surface area (Å²) in [5.74, 6) is -1.42. The van der Waals surface area contributed by atoms with Crippen molar-refractivity contribution in [2.24, 2.45) is 7.05 Å². The van der Waals surface area contributed by atoms with Crippen molar-refractivity contribution in [2.75, 3.05) is 11.5 Å². The van der Waals surface area contributed by atoms with Crippen LogP contribution in [0.5, 0.6) is 0 Å². The second-order valence-corrected chi connectivity index (χ2v) is 5.75. The van der Waals surface area contributed by atoms with Gasteiger partial charge in [-0.15, -0.1) is 0 Å². The average Bonchev–Trinajstić information content (AvgIpc) is 3.23. The highest BCUT2D eigenvalue weighted by atomic mass is 19.4. The van der Waals surface area contributed by atoms with Crippen LogP contribution in [0.25, 0.3) is 33.1 Å². The van der Waals surface area contributed by atoms with Crippen molar-refractivity contribution in [3.05, 3.63) is 36.7 Å². The second-order valence-electron chi connectivity index (χ2n) is 5.75. The minimum Gasteiger partial charge on any atom is -0.475 e. The van der Waals surface area contributed by atoms with E-state index in [2.05, 4.69) is 9.97 Å². The zero-order chi connectivity index (χ0) is 20.6. The number of nitrogen functional groups attached to an aromatic ring is 2. The first-order chi connectivity index (χ1) is 13.1. The van der Waals surface area contributed by atoms with Crippen LogP contribution < -0.4 is 11.5 Å². The van der Waals surface area contributed by atoms with Gasteiger partial charge in [-0.2, -0.15) is 18.2 Å². The lowest BCUT2D eigenvalue weighted by Gasteiger charge is -2.09. The molecule has 5 N–H and O–H groups in total. The maximum Gasteiger partial charge on any atom is 0.490 e. The molecule has 0 spiro atoms. The number of halogens is 3. The fourth-order valence-corrected chi connectivity index (χ4v) is 2.79. The number of carboxylic acids is 1. The van der Waals surface area contributed by atoms with Crippen LogP contribution in [-0.4, -0.2) is 31.8 Å². The van der Waals surface area contributed by atoms with E-state index in [1.165, 1.54) is 0 Å². The summed E-state index contributed by atoms with van der Waals surface area (Å²) in [6, 6.07) is 7.71. The van der Waals surface area contributed by atoms with Crippen molar-refractivity contribution in [2.45, 2.75) is 6.18 Å². The van der Waals surface area contributed by atoms with Gasteiger partial charge in [0, 0.05) is 24.2 Å². The summed E-state index contributed by atoms with van der Waals surface area (Å²) in [5.41, 5.74) is 14.4. The van der Waals surface area contributed by atoms with Gasteiger partial charge in [0.1, 0.15) is 11.6 Å². The largest absolute Gasteiger partial charge is 0.490 e. The monoisotopic (exact) mass is 393 g/mol. The van der Waals surface area contributed by atoms with Gasteiger partial charge >= 0.3 is 12.1 Å². The Kier molecular flexibility index (Phi) is 4.59. The standard InChI is InChI=1S/C15H13N5O.C2HF3O2/c1-20-5-4-8-12-10(18-15(17)19-14(12)16)7-9(13(8)20)11-3-2-6-21-11;3-2(4,5)1(6)7/h2-7H,1H3,(H4,16,17,18,19);(H,6,7). The molecule has 28 heavy (non-hydrogen) atoms. The fraction of sp³-hybridized carbons (Fsp3) is 0.118. The summed E-state index contributed by atoms with van der Waals surface area (Å²) in [4.78, 5) is 17.3. The number of aromatic nitrogens is 3. The molecule has 0 bridgehead atoms. The number of nitrogens with zero attached hydrogens (tertiary/aromatic N) is 3. The zero-order valence-corrected chi connectivity index (χ0v) is 14.4. The minimum absolute atomic E-state index is 0.167. The Morgan fingerprint density at radius 2 is 1.93 bits per heavy atom. The van der Waals surface area contributed by atoms with Gasteiger partial charge in [-0.3, -0.25) is 0 Å². The summed E-state index contributed by atoms with van der Waals surface area (Å²) < 4.78 is 39.3. The number of hydrogen-bond acceptors (Lipinski definition) is 6. The van der Waals surface area contributed by atoms with Gasteiger partial charge < -0.3 is 25.6 Å². The lowest BCUT2D eigenvalue weighted by Crippen LogP contribution is -2.21. The van der Waals surface area contributed by atoms with Crippen molar-refractivity contribution < 1.29 is 27.5 Å². The van der Waals surface area contributed by atoms with Crippen molar-refractivity contribution in [3.63, 3.8) is 0 Å². The number of rotatable bonds is 1. The van der Waals surface area contributed by atoms with Crippen molar-refractivity contribution in [3.8, 4) is 11.3 Å². The Balaban J connectivity index is 0.000000279. The lowest BCUT2D eigenvalue weighted by atomic mass is 10.0. The topological polar surface area (TPSA) is 133 Å². The molecule has 0 amide bonds. The highest BCUT2D eigenvalue weighted by molar-refractivity contribution is 6.15. The van der Waals surface area contributed by atoms with Crippen LogP contribution in [0.2, 0.25) is 0 Å². The second kappa shape index (κ2) is 6.76. The van der Waals surface area contributed by atoms with Gasteiger partial charge in [0.15, 0.2) is 0 Å². The number of benzene rings is 1. The molecule has 3 aromatic heterocycles. The van der Waals surface area contributed by atoms with E-state index in [4.69, 9.17) is 25.8 Å². The highest BCUT2D eigenvalue weighted by Crippen LogP contribution is 2.36. The normalized spacial score (nSPS) is 11.4. The lowest BCUT2D eigenvalue weighted by molar-refractivity contribution is -0.192. The molecular weight excluding hydrogens is 379 g/mol. The van der Waals surface area contributed by atoms with E-state index in [9.17, 15) is 13.2 Å². The molecule has 146 valence electrons. The molecule has 0 aliphatic heterocycles. The van der Waals surface area contributed by atoms with Crippen LogP contribution in [0.1, 0.15) is 0 Å². The summed E-state index contributed by atoms with van der Waals surface area (Å²) in [5, 5.41) is 8.93. The van der Waals surface area contributed by atoms with Gasteiger partial charge in [0.2, 0.25) is 5.95 Å². The number of anilines is 2. The van der Waals surface area contributed by atoms with Gasteiger partial charge in [0.25, 0.3) is 0 Å². The molecular formula is C17H14F3N5O3. The molecule has 8 nitrogen and oxygen atoms in total. The predicted molar refractivity (Wildman–Crippen MR) is 96.2 cm³/mol. The average molecular weight is 393 g/mol. The van der Waals surface area contributed by atoms with Gasteiger partial charge in [-0.25, -0.2) is 9.78 Å². The van der Waals surface area contributed by atoms with Crippen LogP contribution in [0.4, 0.5) is 24.9 Å². The minimum atomic E-state index is -5.08. The Hall–Kier alpha value is -3.76. The van der Waals surface area contributed by atoms with E-state index >= 15 is 0 Å². The number of furan rings is 1. The third-order valence-corrected chi connectivity index (χ3v) is 3.89. The first kappa shape index (κ1) is 19.0. The number of carbonyl (C=O) groups is 1. The van der Waals surface area contributed by atoms with Crippen LogP contribution in [0, 0.1) is 0 Å². The molecule has 11 heteroatoms. The van der Waals surface area contributed by atoms with Crippen LogP contribution in [-0.2, 0) is 11.8 Å². The Bertz CT molecular complexity index is 1170. The molecule has 1 aromatic carbocycles. The number of aryl methyl sites for hydroxylation is 1. The quantitative estimate of drug-likeness (QED) is 0.452. The molecule has 0 atom stereocenters. The predicted octanol–water partition coefficient (Wildman–Crippen LogP) is 3.18. The molecule has 0 saturated heterocycles. The number of fused-ring (bicyclic) bond motifs is 3. The van der Waals surface area contributed by atoms with Crippen molar-refractivity contribution >= 4 is 39.5 Å². The van der Waals surface area contributed by atoms with Crippen LogP contribution >= 0.6 is 0 Å². The zero-order valence-electron chi connectivity index (χ0n) is 14.4. The van der Waals surface area contributed by atoms with E-state index in [0.717, 1.165) is 27.6 Å². The Morgan fingerprint density at radius 1 is 1.25 bits per heavy atom. The smallest absolute Gasteiger partial charge is 0.475 e. The molecule has 3 heterocycles. The van der Waals surface area contributed by atoms with Gasteiger partial charge in [-0.1, -0.05) is 0 Å². The summed E-state index contributed by atoms with van der Waals surface area (Å²) in [6.45, 7) is 0. The summed E-state index contributed by atoms with van der Waals surface area (Å²) in [7, 11) is 1.98. The third kappa shape index (κ3) is 3.41. The third-order valence-electron chi connectivity index (χ3n) is 3.89. The molecule has 0 aliphatic rings. The van der Waals surface area contributed by atoms with Crippen LogP contribution in [0.3, 0.4) is 0 Å². The van der Waals surface area contributed by atoms with E-state index in [1.54, 1.807) is 6.26 Å². The summed E-state index contributed by atoms with van der Waals surface area (Å²) in [6.07, 6.45) is -1.46. The number of hydrogen-bond donors (Lipinski definition) is 3. The maximum absolute atomic E-state index is 10.6. The van der Waals surface area contributed by atoms with Gasteiger partial charge in [0.05, 0.1) is 22.7 Å². The number of alkyl halides is 3. The van der Waals surface area contributed by atoms with E-state index in [1.807, 2.05) is 42.1 Å². The molecule has 0 aliphatic carbocycles. The SMILES string of the molecule is Cn1ccc2c3c(N)nc(N)nc3cc(-c3ccco3)c21.O=C(O)C(F)(F)F. The first-order valence-electron chi connectivity index (χ1n) is 7.74. The fourth-order valence-electron chi connectivity index (χ4n) is 2.79. The Labute approximate surface area is 155 Å². The molecule has 0 radical (unpaired) electrons. The van der Waals surface area contributed by atoms with E-state index in [-0.39, 0.29) is 5.95 Å². The summed E-state index contributed by atoms with van der Waals surface area (Å²) >= 11 is 0. The first-order valence-corrected chi connectivity index (χ1v) is 7.74. The van der Waals surface area contributed by atoms with E-state index < -0.39 is 12.1 Å². The Morgan fingerprint density at radius 3 is 2.50 bits per heavy atom. The molecule has 0 unspecified atom stereocenters. The number of nitrogens with two attached hydrogens (primary N) is 2. The van der Waals surface area contributed by atoms with Gasteiger partial charge in [-0.05, 0) is 24.3 Å². The van der Waals surface area contributed by atoms with Crippen LogP contribution in [0.15, 0.2) is 41.1 Å². The van der Waals surface area contributed by atoms with Crippen molar-refractivity contribution in [1.82, 2.24) is 14.5 Å².